The number of carbonyl (C=O) groups is 1. The van der Waals surface area contributed by atoms with Crippen molar-refractivity contribution in [3.8, 4) is 11.5 Å². The van der Waals surface area contributed by atoms with Crippen molar-refractivity contribution >= 4 is 17.6 Å². The van der Waals surface area contributed by atoms with E-state index in [2.05, 4.69) is 10.3 Å². The SMILES string of the molecule is COc1ccc(/C=C/C(=O)NCc2cn3cccc(C)c3n2)cc1OC. The molecular weight excluding hydrogens is 330 g/mol. The maximum absolute atomic E-state index is 12.1. The van der Waals surface area contributed by atoms with E-state index in [4.69, 9.17) is 9.47 Å². The average molecular weight is 351 g/mol. The van der Waals surface area contributed by atoms with E-state index in [-0.39, 0.29) is 5.91 Å². The van der Waals surface area contributed by atoms with Crippen LogP contribution in [0.1, 0.15) is 16.8 Å². The number of nitrogens with zero attached hydrogens (tertiary/aromatic N) is 2. The molecule has 0 atom stereocenters. The summed E-state index contributed by atoms with van der Waals surface area (Å²) >= 11 is 0. The lowest BCUT2D eigenvalue weighted by Crippen LogP contribution is -2.20. The predicted molar refractivity (Wildman–Crippen MR) is 100 cm³/mol. The van der Waals surface area contributed by atoms with Gasteiger partial charge in [0.1, 0.15) is 5.65 Å². The normalized spacial score (nSPS) is 11.0. The number of hydrogen-bond acceptors (Lipinski definition) is 4. The molecule has 134 valence electrons. The van der Waals surface area contributed by atoms with E-state index in [1.165, 1.54) is 6.08 Å². The van der Waals surface area contributed by atoms with Crippen molar-refractivity contribution < 1.29 is 14.3 Å². The Bertz CT molecular complexity index is 960. The topological polar surface area (TPSA) is 64.9 Å². The molecule has 3 rings (SSSR count). The fourth-order valence-corrected chi connectivity index (χ4v) is 2.65. The molecule has 2 heterocycles. The third kappa shape index (κ3) is 3.85. The monoisotopic (exact) mass is 351 g/mol. The molecule has 26 heavy (non-hydrogen) atoms. The first-order valence-corrected chi connectivity index (χ1v) is 8.22. The lowest BCUT2D eigenvalue weighted by atomic mass is 10.2. The van der Waals surface area contributed by atoms with Crippen molar-refractivity contribution in [3.63, 3.8) is 0 Å². The zero-order chi connectivity index (χ0) is 18.5. The van der Waals surface area contributed by atoms with Gasteiger partial charge in [-0.15, -0.1) is 0 Å². The van der Waals surface area contributed by atoms with Gasteiger partial charge in [-0.2, -0.15) is 0 Å². The zero-order valence-corrected chi connectivity index (χ0v) is 15.0. The van der Waals surface area contributed by atoms with Gasteiger partial charge < -0.3 is 19.2 Å². The number of imidazole rings is 1. The van der Waals surface area contributed by atoms with Crippen molar-refractivity contribution in [2.24, 2.45) is 0 Å². The molecule has 6 heteroatoms. The lowest BCUT2D eigenvalue weighted by Gasteiger charge is -2.07. The molecule has 1 aromatic carbocycles. The minimum absolute atomic E-state index is 0.187. The van der Waals surface area contributed by atoms with Gasteiger partial charge >= 0.3 is 0 Å². The second-order valence-corrected chi connectivity index (χ2v) is 5.82. The second-order valence-electron chi connectivity index (χ2n) is 5.82. The van der Waals surface area contributed by atoms with Gasteiger partial charge in [-0.05, 0) is 42.3 Å². The van der Waals surface area contributed by atoms with Crippen LogP contribution in [0.4, 0.5) is 0 Å². The molecule has 3 aromatic rings. The summed E-state index contributed by atoms with van der Waals surface area (Å²) in [4.78, 5) is 16.6. The van der Waals surface area contributed by atoms with Crippen LogP contribution in [0.5, 0.6) is 11.5 Å². The molecule has 0 aliphatic heterocycles. The second kappa shape index (κ2) is 7.74. The highest BCUT2D eigenvalue weighted by Crippen LogP contribution is 2.27. The third-order valence-corrected chi connectivity index (χ3v) is 4.01. The third-order valence-electron chi connectivity index (χ3n) is 4.01. The number of hydrogen-bond donors (Lipinski definition) is 1. The minimum Gasteiger partial charge on any atom is -0.493 e. The van der Waals surface area contributed by atoms with Gasteiger partial charge in [-0.25, -0.2) is 4.98 Å². The highest BCUT2D eigenvalue weighted by atomic mass is 16.5. The summed E-state index contributed by atoms with van der Waals surface area (Å²) in [6.45, 7) is 2.38. The summed E-state index contributed by atoms with van der Waals surface area (Å²) in [5, 5.41) is 2.84. The highest BCUT2D eigenvalue weighted by Gasteiger charge is 2.05. The van der Waals surface area contributed by atoms with E-state index >= 15 is 0 Å². The first kappa shape index (κ1) is 17.5. The van der Waals surface area contributed by atoms with E-state index in [9.17, 15) is 4.79 Å². The van der Waals surface area contributed by atoms with Gasteiger partial charge in [0.25, 0.3) is 0 Å². The van der Waals surface area contributed by atoms with Crippen LogP contribution in [0.3, 0.4) is 0 Å². The van der Waals surface area contributed by atoms with Crippen LogP contribution in [0, 0.1) is 6.92 Å². The largest absolute Gasteiger partial charge is 0.493 e. The summed E-state index contributed by atoms with van der Waals surface area (Å²) in [6.07, 6.45) is 7.08. The number of benzene rings is 1. The Kier molecular flexibility index (Phi) is 5.22. The predicted octanol–water partition coefficient (Wildman–Crippen LogP) is 2.99. The van der Waals surface area contributed by atoms with Crippen LogP contribution in [0.25, 0.3) is 11.7 Å². The van der Waals surface area contributed by atoms with Crippen molar-refractivity contribution in [3.05, 3.63) is 65.6 Å². The Labute approximate surface area is 152 Å². The molecule has 0 saturated carbocycles. The van der Waals surface area contributed by atoms with Gasteiger partial charge in [0.15, 0.2) is 11.5 Å². The average Bonchev–Trinajstić information content (AvgIpc) is 3.09. The van der Waals surface area contributed by atoms with Crippen LogP contribution in [-0.4, -0.2) is 29.5 Å². The quantitative estimate of drug-likeness (QED) is 0.694. The number of nitrogens with one attached hydrogen (secondary N) is 1. The number of aromatic nitrogens is 2. The maximum Gasteiger partial charge on any atom is 0.244 e. The Morgan fingerprint density at radius 2 is 2.04 bits per heavy atom. The van der Waals surface area contributed by atoms with Gasteiger partial charge in [0.05, 0.1) is 26.5 Å². The molecule has 1 amide bonds. The summed E-state index contributed by atoms with van der Waals surface area (Å²) in [5.41, 5.74) is 3.66. The van der Waals surface area contributed by atoms with Gasteiger partial charge in [-0.3, -0.25) is 4.79 Å². The zero-order valence-electron chi connectivity index (χ0n) is 15.0. The van der Waals surface area contributed by atoms with Crippen LogP contribution in [0.2, 0.25) is 0 Å². The Balaban J connectivity index is 1.63. The number of fused-ring (bicyclic) bond motifs is 1. The number of aryl methyl sites for hydroxylation is 1. The van der Waals surface area contributed by atoms with E-state index in [1.807, 2.05) is 48.0 Å². The molecular formula is C20H21N3O3. The molecule has 0 aliphatic rings. The first-order chi connectivity index (χ1) is 12.6. The smallest absolute Gasteiger partial charge is 0.244 e. The highest BCUT2D eigenvalue weighted by molar-refractivity contribution is 5.91. The molecule has 0 spiro atoms. The van der Waals surface area contributed by atoms with Gasteiger partial charge in [-0.1, -0.05) is 12.1 Å². The summed E-state index contributed by atoms with van der Waals surface area (Å²) in [7, 11) is 3.16. The Morgan fingerprint density at radius 3 is 2.77 bits per heavy atom. The number of methoxy groups -OCH3 is 2. The first-order valence-electron chi connectivity index (χ1n) is 8.22. The van der Waals surface area contributed by atoms with Gasteiger partial charge in [0.2, 0.25) is 5.91 Å². The summed E-state index contributed by atoms with van der Waals surface area (Å²) in [6, 6.07) is 9.45. The van der Waals surface area contributed by atoms with Crippen LogP contribution < -0.4 is 14.8 Å². The van der Waals surface area contributed by atoms with Crippen LogP contribution in [0.15, 0.2) is 48.8 Å². The molecule has 0 fully saturated rings. The molecule has 0 radical (unpaired) electrons. The minimum atomic E-state index is -0.187. The van der Waals surface area contributed by atoms with E-state index in [0.29, 0.717) is 18.0 Å². The molecule has 0 saturated heterocycles. The van der Waals surface area contributed by atoms with E-state index in [0.717, 1.165) is 22.5 Å². The summed E-state index contributed by atoms with van der Waals surface area (Å²) in [5.74, 6) is 1.08. The number of rotatable bonds is 6. The fraction of sp³-hybridized carbons (Fsp3) is 0.200. The number of ether oxygens (including phenoxy) is 2. The van der Waals surface area contributed by atoms with E-state index < -0.39 is 0 Å². The van der Waals surface area contributed by atoms with E-state index in [1.54, 1.807) is 26.4 Å². The molecule has 1 N–H and O–H groups in total. The Morgan fingerprint density at radius 1 is 1.23 bits per heavy atom. The number of amides is 1. The van der Waals surface area contributed by atoms with Gasteiger partial charge in [0, 0.05) is 18.5 Å². The summed E-state index contributed by atoms with van der Waals surface area (Å²) < 4.78 is 12.4. The molecule has 0 aliphatic carbocycles. The molecule has 0 bridgehead atoms. The molecule has 0 unspecified atom stereocenters. The lowest BCUT2D eigenvalue weighted by molar-refractivity contribution is -0.116. The van der Waals surface area contributed by atoms with Crippen molar-refractivity contribution in [2.75, 3.05) is 14.2 Å². The van der Waals surface area contributed by atoms with Crippen molar-refractivity contribution in [2.45, 2.75) is 13.5 Å². The van der Waals surface area contributed by atoms with Crippen molar-refractivity contribution in [1.29, 1.82) is 0 Å². The fourth-order valence-electron chi connectivity index (χ4n) is 2.65. The molecule has 2 aromatic heterocycles. The number of carbonyl (C=O) groups excluding carboxylic acids is 1. The number of pyridine rings is 1. The van der Waals surface area contributed by atoms with Crippen molar-refractivity contribution in [1.82, 2.24) is 14.7 Å². The maximum atomic E-state index is 12.1. The molecule has 6 nitrogen and oxygen atoms in total. The Hall–Kier alpha value is -3.28. The standard InChI is InChI=1S/C20H21N3O3/c1-14-5-4-10-23-13-16(22-20(14)23)12-21-19(24)9-7-15-6-8-17(25-2)18(11-15)26-3/h4-11,13H,12H2,1-3H3,(H,21,24)/b9-7+. The van der Waals surface area contributed by atoms with Crippen LogP contribution in [-0.2, 0) is 11.3 Å². The van der Waals surface area contributed by atoms with Crippen LogP contribution >= 0.6 is 0 Å².